The molecule has 5 N–H and O–H groups in total. The van der Waals surface area contributed by atoms with E-state index >= 15 is 0 Å². The van der Waals surface area contributed by atoms with Gasteiger partial charge >= 0.3 is 17.9 Å². The van der Waals surface area contributed by atoms with Crippen molar-refractivity contribution in [1.29, 1.82) is 0 Å². The maximum Gasteiger partial charge on any atom is 0.317 e. The molecular weight excluding hydrogens is 680 g/mol. The van der Waals surface area contributed by atoms with Gasteiger partial charge in [0.15, 0.2) is 0 Å². The van der Waals surface area contributed by atoms with Crippen LogP contribution in [0.25, 0.3) is 0 Å². The Morgan fingerprint density at radius 1 is 0.635 bits per heavy atom. The number of amides is 2. The first-order valence-electron chi connectivity index (χ1n) is 18.3. The van der Waals surface area contributed by atoms with Crippen LogP contribution < -0.4 is 10.6 Å². The third kappa shape index (κ3) is 20.7. The zero-order valence-corrected chi connectivity index (χ0v) is 31.2. The first-order valence-corrected chi connectivity index (χ1v) is 18.3. The van der Waals surface area contributed by atoms with Crippen molar-refractivity contribution < 1.29 is 53.5 Å². The summed E-state index contributed by atoms with van der Waals surface area (Å²) in [5.41, 5.74) is 1.06. The van der Waals surface area contributed by atoms with E-state index in [4.69, 9.17) is 14.2 Å². The molecule has 2 rings (SSSR count). The molecule has 0 aromatic rings. The van der Waals surface area contributed by atoms with Crippen LogP contribution in [0.4, 0.5) is 0 Å². The summed E-state index contributed by atoms with van der Waals surface area (Å²) in [6.45, 7) is 9.11. The van der Waals surface area contributed by atoms with Crippen molar-refractivity contribution >= 4 is 29.7 Å². The standard InChI is InChI=1S/C35H62N6O11/c1-29-5-3-7-35(2,8-4-6-29)34(49)37-10-20-51-22-24-52-23-21-50-19-9-36-30(42)25-38-11-13-39(26-31(43)44)15-17-41(28-33(47)48)18-16-40(14-12-38)27-32(45)46/h5H,3-4,6-28H2,1-2H3,(H,36,42)(H,37,49)(H,43,44)(H,45,46)(H,47,48)/b29-5+/t35-/m1/s1. The van der Waals surface area contributed by atoms with Gasteiger partial charge in [-0.3, -0.25) is 43.6 Å². The molecule has 298 valence electrons. The molecule has 1 fully saturated rings. The topological polar surface area (TPSA) is 211 Å². The van der Waals surface area contributed by atoms with Crippen molar-refractivity contribution in [2.45, 2.75) is 46.0 Å². The number of ether oxygens (including phenoxy) is 3. The Morgan fingerprint density at radius 3 is 1.48 bits per heavy atom. The van der Waals surface area contributed by atoms with Crippen molar-refractivity contribution in [3.8, 4) is 0 Å². The molecule has 0 spiro atoms. The fourth-order valence-corrected chi connectivity index (χ4v) is 6.15. The SMILES string of the molecule is C/C1=C\CC[C@@](C)(C(=O)NCCOCCOCCOCCNC(=O)CN2CCN(CC(=O)O)CCN(CC(=O)O)CCN(CC(=O)O)CC2)CCC1. The van der Waals surface area contributed by atoms with Crippen LogP contribution in [-0.2, 0) is 38.2 Å². The monoisotopic (exact) mass is 742 g/mol. The van der Waals surface area contributed by atoms with Gasteiger partial charge in [-0.15, -0.1) is 0 Å². The molecule has 0 aromatic carbocycles. The average molecular weight is 743 g/mol. The van der Waals surface area contributed by atoms with Gasteiger partial charge in [-0.05, 0) is 39.0 Å². The second kappa shape index (κ2) is 25.7. The summed E-state index contributed by atoms with van der Waals surface area (Å²) in [4.78, 5) is 66.7. The normalized spacial score (nSPS) is 21.8. The lowest BCUT2D eigenvalue weighted by Crippen LogP contribution is -2.50. The number of allylic oxidation sites excluding steroid dienone is 2. The molecule has 0 unspecified atom stereocenters. The highest BCUT2D eigenvalue weighted by Crippen LogP contribution is 2.33. The van der Waals surface area contributed by atoms with Crippen LogP contribution in [0.3, 0.4) is 0 Å². The maximum absolute atomic E-state index is 12.8. The van der Waals surface area contributed by atoms with Gasteiger partial charge < -0.3 is 40.2 Å². The molecule has 1 atom stereocenters. The Labute approximate surface area is 307 Å². The van der Waals surface area contributed by atoms with E-state index in [0.717, 1.165) is 32.1 Å². The fraction of sp³-hybridized carbons (Fsp3) is 0.800. The first-order chi connectivity index (χ1) is 24.9. The van der Waals surface area contributed by atoms with Crippen LogP contribution in [-0.4, -0.2) is 196 Å². The van der Waals surface area contributed by atoms with Crippen LogP contribution in [0.1, 0.15) is 46.0 Å². The van der Waals surface area contributed by atoms with Crippen LogP contribution in [0.2, 0.25) is 0 Å². The minimum Gasteiger partial charge on any atom is -0.480 e. The molecule has 0 radical (unpaired) electrons. The molecule has 2 amide bonds. The molecule has 0 saturated carbocycles. The van der Waals surface area contributed by atoms with Crippen molar-refractivity contribution in [3.05, 3.63) is 11.6 Å². The van der Waals surface area contributed by atoms with E-state index in [1.807, 2.05) is 11.8 Å². The largest absolute Gasteiger partial charge is 0.480 e. The highest BCUT2D eigenvalue weighted by atomic mass is 16.5. The van der Waals surface area contributed by atoms with Gasteiger partial charge in [0.05, 0.1) is 65.8 Å². The number of hydrogen-bond acceptors (Lipinski definition) is 12. The summed E-state index contributed by atoms with van der Waals surface area (Å²) in [5.74, 6) is -3.18. The van der Waals surface area contributed by atoms with Gasteiger partial charge in [-0.1, -0.05) is 18.6 Å². The van der Waals surface area contributed by atoms with E-state index in [1.54, 1.807) is 14.7 Å². The molecule has 2 aliphatic rings. The molecule has 1 aliphatic carbocycles. The second-order valence-corrected chi connectivity index (χ2v) is 13.7. The molecule has 52 heavy (non-hydrogen) atoms. The van der Waals surface area contributed by atoms with Crippen LogP contribution >= 0.6 is 0 Å². The van der Waals surface area contributed by atoms with Crippen LogP contribution in [0, 0.1) is 5.41 Å². The molecule has 0 bridgehead atoms. The summed E-state index contributed by atoms with van der Waals surface area (Å²) in [6, 6.07) is 0. The third-order valence-electron chi connectivity index (χ3n) is 9.25. The second-order valence-electron chi connectivity index (χ2n) is 13.7. The van der Waals surface area contributed by atoms with Gasteiger partial charge in [0.1, 0.15) is 0 Å². The third-order valence-corrected chi connectivity index (χ3v) is 9.25. The zero-order valence-electron chi connectivity index (χ0n) is 31.2. The summed E-state index contributed by atoms with van der Waals surface area (Å²) in [5, 5.41) is 33.9. The number of carbonyl (C=O) groups is 5. The lowest BCUT2D eigenvalue weighted by atomic mass is 9.77. The van der Waals surface area contributed by atoms with Crippen LogP contribution in [0.5, 0.6) is 0 Å². The predicted octanol–water partition coefficient (Wildman–Crippen LogP) is -0.339. The highest BCUT2D eigenvalue weighted by molar-refractivity contribution is 5.82. The summed E-state index contributed by atoms with van der Waals surface area (Å²) >= 11 is 0. The summed E-state index contributed by atoms with van der Waals surface area (Å²) in [6.07, 6.45) is 6.98. The number of aliphatic carboxylic acids is 3. The molecule has 1 saturated heterocycles. The Morgan fingerprint density at radius 2 is 1.04 bits per heavy atom. The van der Waals surface area contributed by atoms with E-state index in [9.17, 15) is 39.3 Å². The van der Waals surface area contributed by atoms with E-state index < -0.39 is 17.9 Å². The number of hydrogen-bond donors (Lipinski definition) is 5. The fourth-order valence-electron chi connectivity index (χ4n) is 6.15. The molecule has 17 heteroatoms. The van der Waals surface area contributed by atoms with E-state index in [1.165, 1.54) is 5.57 Å². The Kier molecular flexibility index (Phi) is 22.2. The smallest absolute Gasteiger partial charge is 0.317 e. The van der Waals surface area contributed by atoms with Gasteiger partial charge in [-0.25, -0.2) is 0 Å². The number of carboxylic acids is 3. The van der Waals surface area contributed by atoms with Crippen molar-refractivity contribution in [1.82, 2.24) is 30.2 Å². The number of carbonyl (C=O) groups excluding carboxylic acids is 2. The number of carboxylic acid groups (broad SMARTS) is 3. The lowest BCUT2D eigenvalue weighted by Gasteiger charge is -2.32. The van der Waals surface area contributed by atoms with Gasteiger partial charge in [0, 0.05) is 70.9 Å². The molecule has 0 aromatic heterocycles. The molecule has 1 heterocycles. The summed E-state index contributed by atoms with van der Waals surface area (Å²) in [7, 11) is 0. The number of rotatable bonds is 21. The number of nitrogens with zero attached hydrogens (tertiary/aromatic N) is 4. The first kappa shape index (κ1) is 45.0. The van der Waals surface area contributed by atoms with Gasteiger partial charge in [0.25, 0.3) is 0 Å². The van der Waals surface area contributed by atoms with E-state index in [2.05, 4.69) is 23.6 Å². The minimum atomic E-state index is -1.02. The van der Waals surface area contributed by atoms with Crippen molar-refractivity contribution in [2.24, 2.45) is 5.41 Å². The van der Waals surface area contributed by atoms with Gasteiger partial charge in [0.2, 0.25) is 11.8 Å². The predicted molar refractivity (Wildman–Crippen MR) is 192 cm³/mol. The Balaban J connectivity index is 1.62. The Hall–Kier alpha value is -3.19. The van der Waals surface area contributed by atoms with E-state index in [-0.39, 0.29) is 56.6 Å². The maximum atomic E-state index is 12.8. The van der Waals surface area contributed by atoms with Gasteiger partial charge in [-0.2, -0.15) is 0 Å². The average Bonchev–Trinajstić information content (AvgIpc) is 3.06. The quantitative estimate of drug-likeness (QED) is 0.0753. The Bertz CT molecular complexity index is 1110. The lowest BCUT2D eigenvalue weighted by molar-refractivity contribution is -0.140. The highest BCUT2D eigenvalue weighted by Gasteiger charge is 2.32. The molecule has 1 aliphatic heterocycles. The minimum absolute atomic E-state index is 0.0381. The number of nitrogens with one attached hydrogen (secondary N) is 2. The molecule has 17 nitrogen and oxygen atoms in total. The van der Waals surface area contributed by atoms with Crippen molar-refractivity contribution in [2.75, 3.05) is 131 Å². The van der Waals surface area contributed by atoms with E-state index in [0.29, 0.717) is 91.9 Å². The summed E-state index contributed by atoms with van der Waals surface area (Å²) < 4.78 is 16.7. The zero-order chi connectivity index (χ0) is 38.2. The molecular formula is C35H62N6O11. The van der Waals surface area contributed by atoms with Crippen LogP contribution in [0.15, 0.2) is 11.6 Å². The van der Waals surface area contributed by atoms with Crippen molar-refractivity contribution in [3.63, 3.8) is 0 Å².